The number of ether oxygens (including phenoxy) is 3. The number of epoxide rings is 1. The minimum atomic E-state index is -0.440. The highest BCUT2D eigenvalue weighted by Gasteiger charge is 2.47. The van der Waals surface area contributed by atoms with E-state index in [1.54, 1.807) is 7.11 Å². The van der Waals surface area contributed by atoms with Gasteiger partial charge >= 0.3 is 5.97 Å². The molecule has 0 radical (unpaired) electrons. The Labute approximate surface area is 120 Å². The summed E-state index contributed by atoms with van der Waals surface area (Å²) in [6.07, 6.45) is 2.51. The summed E-state index contributed by atoms with van der Waals surface area (Å²) in [5.41, 5.74) is 2.04. The zero-order chi connectivity index (χ0) is 14.5. The van der Waals surface area contributed by atoms with Gasteiger partial charge in [-0.15, -0.1) is 0 Å². The van der Waals surface area contributed by atoms with Crippen LogP contribution in [0.4, 0.5) is 0 Å². The maximum atomic E-state index is 11.8. The molecule has 0 bridgehead atoms. The third kappa shape index (κ3) is 3.51. The topological polar surface area (TPSA) is 48.1 Å². The van der Waals surface area contributed by atoms with Gasteiger partial charge in [-0.05, 0) is 36.6 Å². The predicted octanol–water partition coefficient (Wildman–Crippen LogP) is 3.18. The fourth-order valence-electron chi connectivity index (χ4n) is 2.23. The average Bonchev–Trinajstić information content (AvgIpc) is 3.24. The summed E-state index contributed by atoms with van der Waals surface area (Å²) in [7, 11) is 1.64. The molecule has 4 nitrogen and oxygen atoms in total. The highest BCUT2D eigenvalue weighted by Crippen LogP contribution is 2.40. The van der Waals surface area contributed by atoms with Crippen molar-refractivity contribution in [3.05, 3.63) is 29.3 Å². The molecule has 2 atom stereocenters. The number of carbonyl (C=O) groups is 1. The lowest BCUT2D eigenvalue weighted by Gasteiger charge is -2.05. The van der Waals surface area contributed by atoms with Crippen molar-refractivity contribution in [2.24, 2.45) is 0 Å². The molecule has 4 heteroatoms. The normalized spacial score (nSPS) is 20.6. The Bertz CT molecular complexity index is 470. The molecule has 0 aromatic heterocycles. The van der Waals surface area contributed by atoms with Gasteiger partial charge in [0, 0.05) is 0 Å². The highest BCUT2D eigenvalue weighted by atomic mass is 16.6. The standard InChI is InChI=1S/C16H22O4/c1-4-5-6-9-19-16(17)15-14(20-15)12-7-8-13(18-3)11(2)10-12/h7-8,10,14-15H,4-6,9H2,1-3H3. The number of hydrogen-bond donors (Lipinski definition) is 0. The van der Waals surface area contributed by atoms with Crippen molar-refractivity contribution in [3.8, 4) is 5.75 Å². The van der Waals surface area contributed by atoms with Crippen molar-refractivity contribution in [2.45, 2.75) is 45.3 Å². The third-order valence-corrected chi connectivity index (χ3v) is 3.46. The van der Waals surface area contributed by atoms with Crippen LogP contribution >= 0.6 is 0 Å². The van der Waals surface area contributed by atoms with E-state index in [1.165, 1.54) is 0 Å². The van der Waals surface area contributed by atoms with Crippen LogP contribution in [0.5, 0.6) is 5.75 Å². The van der Waals surface area contributed by atoms with E-state index >= 15 is 0 Å². The lowest BCUT2D eigenvalue weighted by atomic mass is 10.1. The van der Waals surface area contributed by atoms with Crippen LogP contribution in [0.25, 0.3) is 0 Å². The molecule has 20 heavy (non-hydrogen) atoms. The SMILES string of the molecule is CCCCCOC(=O)C1OC1c1ccc(OC)c(C)c1. The van der Waals surface area contributed by atoms with Crippen molar-refractivity contribution in [1.82, 2.24) is 0 Å². The average molecular weight is 278 g/mol. The van der Waals surface area contributed by atoms with Crippen molar-refractivity contribution >= 4 is 5.97 Å². The van der Waals surface area contributed by atoms with Crippen LogP contribution in [0.1, 0.15) is 43.4 Å². The number of methoxy groups -OCH3 is 1. The molecule has 110 valence electrons. The predicted molar refractivity (Wildman–Crippen MR) is 75.8 cm³/mol. The summed E-state index contributed by atoms with van der Waals surface area (Å²) >= 11 is 0. The van der Waals surface area contributed by atoms with Gasteiger partial charge in [-0.3, -0.25) is 0 Å². The second-order valence-electron chi connectivity index (χ2n) is 5.08. The lowest BCUT2D eigenvalue weighted by Crippen LogP contribution is -2.13. The first-order valence-electron chi connectivity index (χ1n) is 7.14. The molecular weight excluding hydrogens is 256 g/mol. The minimum absolute atomic E-state index is 0.168. The first-order chi connectivity index (χ1) is 9.67. The Kier molecular flexibility index (Phi) is 5.01. The van der Waals surface area contributed by atoms with Crippen LogP contribution in [0.3, 0.4) is 0 Å². The summed E-state index contributed by atoms with van der Waals surface area (Å²) < 4.78 is 15.9. The zero-order valence-corrected chi connectivity index (χ0v) is 12.3. The van der Waals surface area contributed by atoms with Crippen LogP contribution in [0.15, 0.2) is 18.2 Å². The van der Waals surface area contributed by atoms with E-state index in [1.807, 2.05) is 25.1 Å². The van der Waals surface area contributed by atoms with Crippen LogP contribution in [0, 0.1) is 6.92 Å². The number of rotatable bonds is 7. The molecule has 0 N–H and O–H groups in total. The Morgan fingerprint density at radius 3 is 2.80 bits per heavy atom. The van der Waals surface area contributed by atoms with Gasteiger partial charge in [-0.1, -0.05) is 25.8 Å². The maximum Gasteiger partial charge on any atom is 0.338 e. The summed E-state index contributed by atoms with van der Waals surface area (Å²) in [5.74, 6) is 0.590. The molecule has 2 rings (SSSR count). The van der Waals surface area contributed by atoms with Crippen molar-refractivity contribution in [1.29, 1.82) is 0 Å². The van der Waals surface area contributed by atoms with E-state index in [2.05, 4.69) is 6.92 Å². The Balaban J connectivity index is 1.85. The lowest BCUT2D eigenvalue weighted by molar-refractivity contribution is -0.145. The largest absolute Gasteiger partial charge is 0.496 e. The molecule has 1 saturated heterocycles. The summed E-state index contributed by atoms with van der Waals surface area (Å²) in [5, 5.41) is 0. The van der Waals surface area contributed by atoms with Crippen molar-refractivity contribution in [2.75, 3.05) is 13.7 Å². The molecule has 0 saturated carbocycles. The van der Waals surface area contributed by atoms with Crippen LogP contribution in [-0.2, 0) is 14.3 Å². The monoisotopic (exact) mass is 278 g/mol. The van der Waals surface area contributed by atoms with Crippen LogP contribution < -0.4 is 4.74 Å². The van der Waals surface area contributed by atoms with Gasteiger partial charge in [-0.2, -0.15) is 0 Å². The van der Waals surface area contributed by atoms with Crippen LogP contribution in [0.2, 0.25) is 0 Å². The summed E-state index contributed by atoms with van der Waals surface area (Å²) in [6.45, 7) is 4.58. The fraction of sp³-hybridized carbons (Fsp3) is 0.562. The van der Waals surface area contributed by atoms with Gasteiger partial charge in [0.05, 0.1) is 13.7 Å². The third-order valence-electron chi connectivity index (χ3n) is 3.46. The van der Waals surface area contributed by atoms with E-state index in [0.29, 0.717) is 6.61 Å². The van der Waals surface area contributed by atoms with Gasteiger partial charge in [0.2, 0.25) is 0 Å². The van der Waals surface area contributed by atoms with Gasteiger partial charge in [-0.25, -0.2) is 4.79 Å². The minimum Gasteiger partial charge on any atom is -0.496 e. The van der Waals surface area contributed by atoms with Gasteiger partial charge < -0.3 is 14.2 Å². The van der Waals surface area contributed by atoms with E-state index in [0.717, 1.165) is 36.1 Å². The smallest absolute Gasteiger partial charge is 0.338 e. The molecular formula is C16H22O4. The molecule has 1 fully saturated rings. The van der Waals surface area contributed by atoms with Gasteiger partial charge in [0.1, 0.15) is 11.9 Å². The van der Waals surface area contributed by atoms with Crippen LogP contribution in [-0.4, -0.2) is 25.8 Å². The zero-order valence-electron chi connectivity index (χ0n) is 12.3. The summed E-state index contributed by atoms with van der Waals surface area (Å²) in [6, 6.07) is 5.82. The molecule has 1 aromatic carbocycles. The first kappa shape index (κ1) is 14.9. The number of esters is 1. The van der Waals surface area contributed by atoms with Crippen molar-refractivity contribution in [3.63, 3.8) is 0 Å². The molecule has 0 aliphatic carbocycles. The molecule has 1 heterocycles. The number of hydrogen-bond acceptors (Lipinski definition) is 4. The summed E-state index contributed by atoms with van der Waals surface area (Å²) in [4.78, 5) is 11.8. The van der Waals surface area contributed by atoms with Gasteiger partial charge in [0.25, 0.3) is 0 Å². The number of benzene rings is 1. The van der Waals surface area contributed by atoms with E-state index in [-0.39, 0.29) is 12.1 Å². The molecule has 0 amide bonds. The van der Waals surface area contributed by atoms with Gasteiger partial charge in [0.15, 0.2) is 6.10 Å². The van der Waals surface area contributed by atoms with E-state index in [9.17, 15) is 4.79 Å². The number of unbranched alkanes of at least 4 members (excludes halogenated alkanes) is 2. The molecule has 2 unspecified atom stereocenters. The quantitative estimate of drug-likeness (QED) is 0.436. The van der Waals surface area contributed by atoms with Crippen molar-refractivity contribution < 1.29 is 19.0 Å². The number of carbonyl (C=O) groups excluding carboxylic acids is 1. The highest BCUT2D eigenvalue weighted by molar-refractivity contribution is 5.78. The Hall–Kier alpha value is -1.55. The second kappa shape index (κ2) is 6.75. The molecule has 1 aliphatic heterocycles. The van der Waals surface area contributed by atoms with E-state index < -0.39 is 6.10 Å². The number of aryl methyl sites for hydroxylation is 1. The Morgan fingerprint density at radius 2 is 2.15 bits per heavy atom. The first-order valence-corrected chi connectivity index (χ1v) is 7.14. The Morgan fingerprint density at radius 1 is 1.35 bits per heavy atom. The second-order valence-corrected chi connectivity index (χ2v) is 5.08. The molecule has 1 aliphatic rings. The molecule has 1 aromatic rings. The maximum absolute atomic E-state index is 11.8. The molecule has 0 spiro atoms. The van der Waals surface area contributed by atoms with E-state index in [4.69, 9.17) is 14.2 Å². The fourth-order valence-corrected chi connectivity index (χ4v) is 2.23.